The molecule has 8 heteroatoms. The van der Waals surface area contributed by atoms with Gasteiger partial charge in [0.25, 0.3) is 0 Å². The summed E-state index contributed by atoms with van der Waals surface area (Å²) in [6.45, 7) is 1.54. The molecule has 23 heavy (non-hydrogen) atoms. The number of benzene rings is 1. The molecule has 0 aliphatic carbocycles. The highest BCUT2D eigenvalue weighted by Crippen LogP contribution is 2.35. The third-order valence-corrected chi connectivity index (χ3v) is 4.10. The van der Waals surface area contributed by atoms with Gasteiger partial charge in [-0.15, -0.1) is 0 Å². The van der Waals surface area contributed by atoms with E-state index in [1.54, 1.807) is 24.3 Å². The third-order valence-electron chi connectivity index (χ3n) is 4.10. The summed E-state index contributed by atoms with van der Waals surface area (Å²) in [5.41, 5.74) is 19.4. The first-order valence-corrected chi connectivity index (χ1v) is 7.22. The van der Waals surface area contributed by atoms with E-state index in [2.05, 4.69) is 14.9 Å². The monoisotopic (exact) mass is 314 g/mol. The van der Waals surface area contributed by atoms with Crippen molar-refractivity contribution in [2.75, 3.05) is 35.2 Å². The van der Waals surface area contributed by atoms with Crippen molar-refractivity contribution in [2.24, 2.45) is 0 Å². The Hall–Kier alpha value is -3.03. The van der Waals surface area contributed by atoms with Gasteiger partial charge in [0, 0.05) is 30.3 Å². The Kier molecular flexibility index (Phi) is 3.65. The van der Waals surface area contributed by atoms with Crippen molar-refractivity contribution in [3.63, 3.8) is 0 Å². The zero-order valence-electron chi connectivity index (χ0n) is 12.4. The number of rotatable bonds is 3. The Labute approximate surface area is 132 Å². The summed E-state index contributed by atoms with van der Waals surface area (Å²) >= 11 is 0. The molecule has 2 heterocycles. The van der Waals surface area contributed by atoms with E-state index in [-0.39, 0.29) is 17.4 Å². The molecule has 0 bridgehead atoms. The molecule has 1 aromatic carbocycles. The summed E-state index contributed by atoms with van der Waals surface area (Å²) in [6, 6.07) is 6.80. The number of carboxylic acids is 1. The number of aromatic carboxylic acids is 1. The number of anilines is 4. The van der Waals surface area contributed by atoms with Crippen LogP contribution in [0.25, 0.3) is 0 Å². The van der Waals surface area contributed by atoms with E-state index in [0.29, 0.717) is 18.2 Å². The summed E-state index contributed by atoms with van der Waals surface area (Å²) in [5.74, 6) is -0.0980. The number of aromatic nitrogens is 2. The second kappa shape index (κ2) is 5.64. The minimum atomic E-state index is -0.935. The standard InChI is InChI=1S/C15H18N6O2/c16-12-11(13(17)20-15(18)19-12)9-5-6-21(7-9)10-3-1-8(2-4-10)14(22)23/h1-4,9H,5-7H2,(H,22,23)(H6,16,17,18,19,20). The highest BCUT2D eigenvalue weighted by atomic mass is 16.4. The molecule has 1 aromatic heterocycles. The smallest absolute Gasteiger partial charge is 0.335 e. The van der Waals surface area contributed by atoms with Gasteiger partial charge >= 0.3 is 5.97 Å². The van der Waals surface area contributed by atoms with Crippen molar-refractivity contribution < 1.29 is 9.90 Å². The molecule has 120 valence electrons. The fourth-order valence-electron chi connectivity index (χ4n) is 2.99. The van der Waals surface area contributed by atoms with Crippen LogP contribution in [0.3, 0.4) is 0 Å². The number of nitrogens with two attached hydrogens (primary N) is 3. The molecule has 7 N–H and O–H groups in total. The van der Waals surface area contributed by atoms with Crippen LogP contribution < -0.4 is 22.1 Å². The van der Waals surface area contributed by atoms with Crippen molar-refractivity contribution in [3.8, 4) is 0 Å². The van der Waals surface area contributed by atoms with E-state index in [9.17, 15) is 4.79 Å². The van der Waals surface area contributed by atoms with E-state index >= 15 is 0 Å². The van der Waals surface area contributed by atoms with Crippen LogP contribution in [0.1, 0.15) is 28.3 Å². The average Bonchev–Trinajstić information content (AvgIpc) is 2.95. The number of carboxylic acid groups (broad SMARTS) is 1. The summed E-state index contributed by atoms with van der Waals surface area (Å²) < 4.78 is 0. The minimum Gasteiger partial charge on any atom is -0.478 e. The molecular weight excluding hydrogens is 296 g/mol. The Balaban J connectivity index is 1.80. The molecule has 1 unspecified atom stereocenters. The van der Waals surface area contributed by atoms with Gasteiger partial charge in [-0.05, 0) is 30.7 Å². The largest absolute Gasteiger partial charge is 0.478 e. The molecule has 0 spiro atoms. The first-order chi connectivity index (χ1) is 11.0. The van der Waals surface area contributed by atoms with Crippen LogP contribution in [0.5, 0.6) is 0 Å². The lowest BCUT2D eigenvalue weighted by atomic mass is 9.99. The lowest BCUT2D eigenvalue weighted by Gasteiger charge is -2.20. The Morgan fingerprint density at radius 3 is 2.30 bits per heavy atom. The van der Waals surface area contributed by atoms with Crippen LogP contribution in [0.15, 0.2) is 24.3 Å². The zero-order chi connectivity index (χ0) is 16.6. The van der Waals surface area contributed by atoms with Gasteiger partial charge in [0.2, 0.25) is 5.95 Å². The van der Waals surface area contributed by atoms with Crippen LogP contribution >= 0.6 is 0 Å². The third kappa shape index (κ3) is 2.83. The van der Waals surface area contributed by atoms with E-state index < -0.39 is 5.97 Å². The topological polar surface area (TPSA) is 144 Å². The van der Waals surface area contributed by atoms with Crippen LogP contribution in [0.2, 0.25) is 0 Å². The maximum absolute atomic E-state index is 10.9. The van der Waals surface area contributed by atoms with Crippen molar-refractivity contribution in [2.45, 2.75) is 12.3 Å². The van der Waals surface area contributed by atoms with Crippen molar-refractivity contribution in [1.29, 1.82) is 0 Å². The predicted octanol–water partition coefficient (Wildman–Crippen LogP) is 0.915. The van der Waals surface area contributed by atoms with Crippen LogP contribution in [-0.2, 0) is 0 Å². The van der Waals surface area contributed by atoms with E-state index in [1.165, 1.54) is 0 Å². The van der Waals surface area contributed by atoms with Gasteiger partial charge in [-0.3, -0.25) is 0 Å². The van der Waals surface area contributed by atoms with Gasteiger partial charge in [-0.1, -0.05) is 0 Å². The number of carbonyl (C=O) groups is 1. The lowest BCUT2D eigenvalue weighted by Crippen LogP contribution is -2.20. The summed E-state index contributed by atoms with van der Waals surface area (Å²) in [6.07, 6.45) is 0.863. The number of nitrogens with zero attached hydrogens (tertiary/aromatic N) is 3. The molecule has 1 aliphatic heterocycles. The van der Waals surface area contributed by atoms with Crippen LogP contribution in [-0.4, -0.2) is 34.1 Å². The van der Waals surface area contributed by atoms with Crippen molar-refractivity contribution >= 4 is 29.2 Å². The zero-order valence-corrected chi connectivity index (χ0v) is 12.4. The molecular formula is C15H18N6O2. The molecule has 8 nitrogen and oxygen atoms in total. The first kappa shape index (κ1) is 14.9. The van der Waals surface area contributed by atoms with Gasteiger partial charge in [0.05, 0.1) is 5.56 Å². The predicted molar refractivity (Wildman–Crippen MR) is 88.2 cm³/mol. The Morgan fingerprint density at radius 2 is 1.74 bits per heavy atom. The second-order valence-corrected chi connectivity index (χ2v) is 5.55. The molecule has 0 saturated carbocycles. The van der Waals surface area contributed by atoms with Crippen LogP contribution in [0, 0.1) is 0 Å². The number of nitrogen functional groups attached to an aromatic ring is 3. The fourth-order valence-corrected chi connectivity index (χ4v) is 2.99. The summed E-state index contributed by atoms with van der Waals surface area (Å²) in [4.78, 5) is 21.0. The van der Waals surface area contributed by atoms with Crippen molar-refractivity contribution in [3.05, 3.63) is 35.4 Å². The Morgan fingerprint density at radius 1 is 1.13 bits per heavy atom. The normalized spacial score (nSPS) is 17.4. The molecule has 1 fully saturated rings. The second-order valence-electron chi connectivity index (χ2n) is 5.55. The highest BCUT2D eigenvalue weighted by Gasteiger charge is 2.28. The van der Waals surface area contributed by atoms with Gasteiger partial charge in [0.15, 0.2) is 0 Å². The first-order valence-electron chi connectivity index (χ1n) is 7.22. The number of hydrogen-bond donors (Lipinski definition) is 4. The quantitative estimate of drug-likeness (QED) is 0.654. The maximum Gasteiger partial charge on any atom is 0.335 e. The average molecular weight is 314 g/mol. The summed E-state index contributed by atoms with van der Waals surface area (Å²) in [5, 5.41) is 8.95. The summed E-state index contributed by atoms with van der Waals surface area (Å²) in [7, 11) is 0. The molecule has 0 amide bonds. The van der Waals surface area contributed by atoms with E-state index in [1.807, 2.05) is 0 Å². The van der Waals surface area contributed by atoms with Crippen molar-refractivity contribution in [1.82, 2.24) is 9.97 Å². The highest BCUT2D eigenvalue weighted by molar-refractivity contribution is 5.88. The van der Waals surface area contributed by atoms with Gasteiger partial charge in [-0.2, -0.15) is 9.97 Å². The van der Waals surface area contributed by atoms with Gasteiger partial charge < -0.3 is 27.2 Å². The molecule has 3 rings (SSSR count). The molecule has 1 saturated heterocycles. The van der Waals surface area contributed by atoms with Gasteiger partial charge in [-0.25, -0.2) is 4.79 Å². The molecule has 1 atom stereocenters. The maximum atomic E-state index is 10.9. The fraction of sp³-hybridized carbons (Fsp3) is 0.267. The van der Waals surface area contributed by atoms with Crippen LogP contribution in [0.4, 0.5) is 23.3 Å². The Bertz CT molecular complexity index is 723. The molecule has 2 aromatic rings. The van der Waals surface area contributed by atoms with E-state index in [4.69, 9.17) is 22.3 Å². The molecule has 1 aliphatic rings. The SMILES string of the molecule is Nc1nc(N)c(C2CCN(c3ccc(C(=O)O)cc3)C2)c(N)n1. The van der Waals surface area contributed by atoms with Gasteiger partial charge in [0.1, 0.15) is 11.6 Å². The molecule has 0 radical (unpaired) electrons. The van der Waals surface area contributed by atoms with E-state index in [0.717, 1.165) is 24.2 Å². The lowest BCUT2D eigenvalue weighted by molar-refractivity contribution is 0.0697. The minimum absolute atomic E-state index is 0.0721. The number of hydrogen-bond acceptors (Lipinski definition) is 7.